The van der Waals surface area contributed by atoms with Gasteiger partial charge < -0.3 is 5.32 Å². The molecule has 4 aromatic rings. The normalized spacial score (nSPS) is 16.1. The number of hydrogen-bond acceptors (Lipinski definition) is 6. The van der Waals surface area contributed by atoms with Crippen LogP contribution >= 0.6 is 0 Å². The summed E-state index contributed by atoms with van der Waals surface area (Å²) in [6, 6.07) is 23.5. The highest BCUT2D eigenvalue weighted by molar-refractivity contribution is 7.89. The maximum Gasteiger partial charge on any atom is 0.243 e. The molecule has 198 valence electrons. The van der Waals surface area contributed by atoms with E-state index in [1.807, 2.05) is 48.5 Å². The van der Waals surface area contributed by atoms with Crippen molar-refractivity contribution in [1.29, 1.82) is 0 Å². The van der Waals surface area contributed by atoms with Gasteiger partial charge in [0.15, 0.2) is 0 Å². The summed E-state index contributed by atoms with van der Waals surface area (Å²) in [6.45, 7) is 10.4. The van der Waals surface area contributed by atoms with Crippen LogP contribution in [-0.2, 0) is 10.0 Å². The van der Waals surface area contributed by atoms with E-state index in [0.717, 1.165) is 33.8 Å². The topological polar surface area (TPSA) is 78.4 Å². The van der Waals surface area contributed by atoms with Crippen LogP contribution in [0, 0.1) is 6.92 Å². The highest BCUT2D eigenvalue weighted by atomic mass is 32.2. The van der Waals surface area contributed by atoms with Crippen LogP contribution in [0.4, 0.5) is 11.5 Å². The third kappa shape index (κ3) is 5.43. The first-order chi connectivity index (χ1) is 18.2. The average molecular weight is 530 g/mol. The number of piperazine rings is 1. The van der Waals surface area contributed by atoms with Crippen molar-refractivity contribution in [1.82, 2.24) is 19.2 Å². The lowest BCUT2D eigenvalue weighted by atomic mass is 10.0. The summed E-state index contributed by atoms with van der Waals surface area (Å²) in [6.07, 6.45) is 0. The van der Waals surface area contributed by atoms with Gasteiger partial charge in [0.1, 0.15) is 11.6 Å². The fourth-order valence-corrected chi connectivity index (χ4v) is 6.24. The van der Waals surface area contributed by atoms with Gasteiger partial charge in [0.05, 0.1) is 16.5 Å². The van der Waals surface area contributed by atoms with Gasteiger partial charge in [-0.05, 0) is 61.7 Å². The van der Waals surface area contributed by atoms with Gasteiger partial charge >= 0.3 is 0 Å². The number of fused-ring (bicyclic) bond motifs is 1. The molecule has 0 spiro atoms. The number of anilines is 2. The van der Waals surface area contributed by atoms with Crippen molar-refractivity contribution in [2.24, 2.45) is 0 Å². The molecule has 5 rings (SSSR count). The van der Waals surface area contributed by atoms with Crippen LogP contribution in [0.3, 0.4) is 0 Å². The third-order valence-corrected chi connectivity index (χ3v) is 9.23. The Hall–Kier alpha value is -3.33. The molecule has 2 heterocycles. The van der Waals surface area contributed by atoms with Crippen molar-refractivity contribution in [3.8, 4) is 0 Å². The Morgan fingerprint density at radius 2 is 1.47 bits per heavy atom. The lowest BCUT2D eigenvalue weighted by Crippen LogP contribution is -2.49. The molecule has 0 unspecified atom stereocenters. The maximum absolute atomic E-state index is 13.3. The fourth-order valence-electron chi connectivity index (χ4n) is 4.82. The molecule has 1 saturated heterocycles. The average Bonchev–Trinajstić information content (AvgIpc) is 2.94. The largest absolute Gasteiger partial charge is 0.340 e. The van der Waals surface area contributed by atoms with E-state index in [-0.39, 0.29) is 6.04 Å². The van der Waals surface area contributed by atoms with E-state index < -0.39 is 10.0 Å². The summed E-state index contributed by atoms with van der Waals surface area (Å²) in [5.74, 6) is 1.85. The van der Waals surface area contributed by atoms with Gasteiger partial charge in [0.2, 0.25) is 10.0 Å². The maximum atomic E-state index is 13.3. The fraction of sp³-hybridized carbons (Fsp3) is 0.333. The number of rotatable bonds is 7. The van der Waals surface area contributed by atoms with E-state index in [2.05, 4.69) is 50.0 Å². The van der Waals surface area contributed by atoms with Crippen molar-refractivity contribution in [3.05, 3.63) is 89.7 Å². The molecule has 1 aromatic heterocycles. The van der Waals surface area contributed by atoms with Crippen molar-refractivity contribution in [3.63, 3.8) is 0 Å². The van der Waals surface area contributed by atoms with Crippen LogP contribution in [0.25, 0.3) is 10.9 Å². The summed E-state index contributed by atoms with van der Waals surface area (Å²) in [5, 5.41) is 4.43. The second-order valence-corrected chi connectivity index (χ2v) is 12.2. The molecule has 0 amide bonds. The highest BCUT2D eigenvalue weighted by Crippen LogP contribution is 2.29. The number of benzene rings is 3. The minimum atomic E-state index is -3.53. The zero-order valence-electron chi connectivity index (χ0n) is 22.4. The number of sulfonamides is 1. The van der Waals surface area contributed by atoms with Crippen LogP contribution < -0.4 is 5.32 Å². The number of aromatic nitrogens is 2. The van der Waals surface area contributed by atoms with Crippen molar-refractivity contribution >= 4 is 32.4 Å². The Morgan fingerprint density at radius 1 is 0.816 bits per heavy atom. The molecule has 8 heteroatoms. The molecular formula is C30H35N5O2S. The molecule has 0 aliphatic carbocycles. The molecule has 1 fully saturated rings. The van der Waals surface area contributed by atoms with E-state index in [0.29, 0.717) is 37.0 Å². The number of nitrogens with zero attached hydrogens (tertiary/aromatic N) is 4. The molecule has 1 aliphatic rings. The number of nitrogens with one attached hydrogen (secondary N) is 1. The standard InChI is InChI=1S/C30H35N5O2S/c1-21(2)24-11-15-26(16-12-24)38(36,37)35-19-17-34(18-20-35)23(4)29-32-28-8-6-5-7-27(28)30(33-29)31-25-13-9-22(3)10-14-25/h5-16,21,23H,17-20H2,1-4H3,(H,31,32,33)/t23-/m0/s1. The van der Waals surface area contributed by atoms with Crippen LogP contribution in [0.5, 0.6) is 0 Å². The molecule has 3 aromatic carbocycles. The second-order valence-electron chi connectivity index (χ2n) is 10.3. The summed E-state index contributed by atoms with van der Waals surface area (Å²) in [4.78, 5) is 12.4. The van der Waals surface area contributed by atoms with Gasteiger partial charge in [0, 0.05) is 37.3 Å². The molecule has 0 radical (unpaired) electrons. The summed E-state index contributed by atoms with van der Waals surface area (Å²) in [7, 11) is -3.53. The Kier molecular flexibility index (Phi) is 7.47. The summed E-state index contributed by atoms with van der Waals surface area (Å²) in [5.41, 5.74) is 4.18. The number of para-hydroxylation sites is 1. The van der Waals surface area contributed by atoms with Crippen molar-refractivity contribution in [2.75, 3.05) is 31.5 Å². The molecule has 7 nitrogen and oxygen atoms in total. The monoisotopic (exact) mass is 529 g/mol. The van der Waals surface area contributed by atoms with Gasteiger partial charge in [-0.25, -0.2) is 18.4 Å². The Morgan fingerprint density at radius 3 is 2.13 bits per heavy atom. The molecule has 1 aliphatic heterocycles. The SMILES string of the molecule is Cc1ccc(Nc2nc([C@H](C)N3CCN(S(=O)(=O)c4ccc(C(C)C)cc4)CC3)nc3ccccc23)cc1. The van der Waals surface area contributed by atoms with Gasteiger partial charge in [-0.1, -0.05) is 55.8 Å². The minimum Gasteiger partial charge on any atom is -0.340 e. The van der Waals surface area contributed by atoms with Crippen LogP contribution in [-0.4, -0.2) is 53.8 Å². The second kappa shape index (κ2) is 10.8. The van der Waals surface area contributed by atoms with E-state index >= 15 is 0 Å². The zero-order chi connectivity index (χ0) is 26.9. The first-order valence-electron chi connectivity index (χ1n) is 13.2. The molecular weight excluding hydrogens is 494 g/mol. The minimum absolute atomic E-state index is 0.0617. The number of hydrogen-bond donors (Lipinski definition) is 1. The van der Waals surface area contributed by atoms with Gasteiger partial charge in [0.25, 0.3) is 0 Å². The first-order valence-corrected chi connectivity index (χ1v) is 14.6. The first kappa shape index (κ1) is 26.3. The molecule has 0 saturated carbocycles. The van der Waals surface area contributed by atoms with Gasteiger partial charge in [-0.15, -0.1) is 0 Å². The van der Waals surface area contributed by atoms with Crippen LogP contribution in [0.15, 0.2) is 77.7 Å². The van der Waals surface area contributed by atoms with Gasteiger partial charge in [-0.2, -0.15) is 4.31 Å². The lowest BCUT2D eigenvalue weighted by Gasteiger charge is -2.37. The smallest absolute Gasteiger partial charge is 0.243 e. The quantitative estimate of drug-likeness (QED) is 0.322. The third-order valence-electron chi connectivity index (χ3n) is 7.31. The van der Waals surface area contributed by atoms with Crippen molar-refractivity contribution < 1.29 is 8.42 Å². The lowest BCUT2D eigenvalue weighted by molar-refractivity contribution is 0.141. The molecule has 38 heavy (non-hydrogen) atoms. The van der Waals surface area contributed by atoms with Crippen LogP contribution in [0.1, 0.15) is 49.7 Å². The Bertz CT molecular complexity index is 1510. The molecule has 0 bridgehead atoms. The van der Waals surface area contributed by atoms with Gasteiger partial charge in [-0.3, -0.25) is 4.90 Å². The predicted molar refractivity (Wildman–Crippen MR) is 153 cm³/mol. The zero-order valence-corrected chi connectivity index (χ0v) is 23.2. The molecule has 1 N–H and O–H groups in total. The summed E-state index contributed by atoms with van der Waals surface area (Å²) >= 11 is 0. The Labute approximate surface area is 225 Å². The molecule has 1 atom stereocenters. The summed E-state index contributed by atoms with van der Waals surface area (Å²) < 4.78 is 28.1. The van der Waals surface area contributed by atoms with E-state index in [9.17, 15) is 8.42 Å². The van der Waals surface area contributed by atoms with E-state index in [4.69, 9.17) is 9.97 Å². The Balaban J connectivity index is 1.33. The van der Waals surface area contributed by atoms with Crippen LogP contribution in [0.2, 0.25) is 0 Å². The highest BCUT2D eigenvalue weighted by Gasteiger charge is 2.31. The van der Waals surface area contributed by atoms with Crippen molar-refractivity contribution in [2.45, 2.75) is 44.6 Å². The van der Waals surface area contributed by atoms with E-state index in [1.165, 1.54) is 5.56 Å². The number of aryl methyl sites for hydroxylation is 1. The predicted octanol–water partition coefficient (Wildman–Crippen LogP) is 5.87. The van der Waals surface area contributed by atoms with E-state index in [1.54, 1.807) is 16.4 Å².